The van der Waals surface area contributed by atoms with Crippen molar-refractivity contribution in [1.29, 1.82) is 0 Å². The highest BCUT2D eigenvalue weighted by Gasteiger charge is 2.02. The number of hydrogen-bond acceptors (Lipinski definition) is 2. The second kappa shape index (κ2) is 4.92. The first kappa shape index (κ1) is 11.5. The topological polar surface area (TPSA) is 12.9 Å². The number of fused-ring (bicyclic) bond motifs is 1. The summed E-state index contributed by atoms with van der Waals surface area (Å²) in [5.41, 5.74) is 1.77. The molecule has 3 heteroatoms. The maximum absolute atomic E-state index is 6.30. The number of halogens is 1. The number of benzene rings is 1. The van der Waals surface area contributed by atoms with E-state index in [1.54, 1.807) is 11.3 Å². The van der Waals surface area contributed by atoms with E-state index < -0.39 is 0 Å². The van der Waals surface area contributed by atoms with E-state index in [9.17, 15) is 0 Å². The number of pyridine rings is 1. The predicted octanol–water partition coefficient (Wildman–Crippen LogP) is 5.03. The van der Waals surface area contributed by atoms with Crippen molar-refractivity contribution in [3.8, 4) is 0 Å². The fraction of sp³-hybridized carbons (Fsp3) is 0. The molecule has 0 spiro atoms. The summed E-state index contributed by atoms with van der Waals surface area (Å²) in [5, 5.41) is 3.83. The van der Waals surface area contributed by atoms with Gasteiger partial charge in [-0.2, -0.15) is 0 Å². The van der Waals surface area contributed by atoms with Crippen LogP contribution in [0.2, 0.25) is 0 Å². The van der Waals surface area contributed by atoms with Crippen LogP contribution in [0.5, 0.6) is 0 Å². The normalized spacial score (nSPS) is 11.9. The van der Waals surface area contributed by atoms with Gasteiger partial charge in [0.15, 0.2) is 0 Å². The highest BCUT2D eigenvalue weighted by molar-refractivity contribution is 7.11. The van der Waals surface area contributed by atoms with Gasteiger partial charge in [0.25, 0.3) is 0 Å². The zero-order valence-corrected chi connectivity index (χ0v) is 11.1. The number of thiophene rings is 1. The van der Waals surface area contributed by atoms with E-state index in [2.05, 4.69) is 4.98 Å². The molecule has 2 aromatic heterocycles. The Labute approximate surface area is 114 Å². The van der Waals surface area contributed by atoms with Crippen molar-refractivity contribution in [2.75, 3.05) is 0 Å². The van der Waals surface area contributed by atoms with Crippen LogP contribution < -0.4 is 0 Å². The van der Waals surface area contributed by atoms with Gasteiger partial charge >= 0.3 is 0 Å². The average molecular weight is 272 g/mol. The first-order chi connectivity index (χ1) is 8.83. The van der Waals surface area contributed by atoms with Crippen molar-refractivity contribution in [2.24, 2.45) is 0 Å². The molecule has 0 saturated heterocycles. The zero-order chi connectivity index (χ0) is 12.4. The molecular formula is C15H10ClNS. The first-order valence-corrected chi connectivity index (χ1v) is 6.85. The Balaban J connectivity index is 2.04. The summed E-state index contributed by atoms with van der Waals surface area (Å²) in [5.74, 6) is 0. The molecule has 0 N–H and O–H groups in total. The second-order valence-corrected chi connectivity index (χ2v) is 5.28. The summed E-state index contributed by atoms with van der Waals surface area (Å²) in [7, 11) is 0. The minimum atomic E-state index is 0.670. The third kappa shape index (κ3) is 2.30. The van der Waals surface area contributed by atoms with Gasteiger partial charge in [0.1, 0.15) is 0 Å². The summed E-state index contributed by atoms with van der Waals surface area (Å²) >= 11 is 7.96. The molecule has 0 aliphatic heterocycles. The van der Waals surface area contributed by atoms with E-state index in [0.717, 1.165) is 21.5 Å². The van der Waals surface area contributed by atoms with Crippen molar-refractivity contribution in [3.05, 3.63) is 64.5 Å². The van der Waals surface area contributed by atoms with Gasteiger partial charge in [-0.15, -0.1) is 11.3 Å². The maximum Gasteiger partial charge on any atom is 0.0824 e. The van der Waals surface area contributed by atoms with Crippen LogP contribution in [0.4, 0.5) is 0 Å². The molecule has 0 bridgehead atoms. The van der Waals surface area contributed by atoms with Crippen molar-refractivity contribution >= 4 is 44.9 Å². The fourth-order valence-electron chi connectivity index (χ4n) is 1.77. The van der Waals surface area contributed by atoms with E-state index in [-0.39, 0.29) is 0 Å². The Bertz CT molecular complexity index is 701. The Morgan fingerprint density at radius 1 is 1.06 bits per heavy atom. The van der Waals surface area contributed by atoms with Crippen molar-refractivity contribution in [2.45, 2.75) is 0 Å². The van der Waals surface area contributed by atoms with Gasteiger partial charge in [0, 0.05) is 10.3 Å². The molecule has 0 saturated carbocycles. The van der Waals surface area contributed by atoms with Gasteiger partial charge in [-0.25, -0.2) is 4.98 Å². The lowest BCUT2D eigenvalue weighted by atomic mass is 10.2. The number of para-hydroxylation sites is 1. The second-order valence-electron chi connectivity index (χ2n) is 3.90. The molecule has 0 atom stereocenters. The molecule has 0 aliphatic carbocycles. The van der Waals surface area contributed by atoms with Crippen LogP contribution in [0.3, 0.4) is 0 Å². The molecule has 1 aromatic carbocycles. The minimum Gasteiger partial charge on any atom is -0.247 e. The van der Waals surface area contributed by atoms with Crippen LogP contribution >= 0.6 is 22.9 Å². The summed E-state index contributed by atoms with van der Waals surface area (Å²) in [6.07, 6.45) is 1.95. The van der Waals surface area contributed by atoms with E-state index in [1.807, 2.05) is 60.0 Å². The Hall–Kier alpha value is -1.64. The molecular weight excluding hydrogens is 262 g/mol. The molecule has 1 nitrogen and oxygen atoms in total. The lowest BCUT2D eigenvalue weighted by molar-refractivity contribution is 1.37. The summed E-state index contributed by atoms with van der Waals surface area (Å²) < 4.78 is 0. The number of nitrogens with zero attached hydrogens (tertiary/aromatic N) is 1. The van der Waals surface area contributed by atoms with Crippen LogP contribution in [0, 0.1) is 0 Å². The zero-order valence-electron chi connectivity index (χ0n) is 9.51. The van der Waals surface area contributed by atoms with Gasteiger partial charge in [-0.1, -0.05) is 41.9 Å². The smallest absolute Gasteiger partial charge is 0.0824 e. The number of rotatable bonds is 2. The molecule has 3 rings (SSSR count). The van der Waals surface area contributed by atoms with Crippen LogP contribution in [-0.4, -0.2) is 4.98 Å². The molecule has 2 heterocycles. The molecule has 88 valence electrons. The van der Waals surface area contributed by atoms with Gasteiger partial charge < -0.3 is 0 Å². The molecule has 0 aliphatic rings. The third-order valence-electron chi connectivity index (χ3n) is 2.66. The SMILES string of the molecule is Cl/C(=C\c1cccs1)c1ccc2ccccc2n1. The highest BCUT2D eigenvalue weighted by atomic mass is 35.5. The lowest BCUT2D eigenvalue weighted by Gasteiger charge is -2.01. The maximum atomic E-state index is 6.30. The van der Waals surface area contributed by atoms with Crippen molar-refractivity contribution in [1.82, 2.24) is 4.98 Å². The van der Waals surface area contributed by atoms with Crippen LogP contribution in [0.25, 0.3) is 22.0 Å². The van der Waals surface area contributed by atoms with Gasteiger partial charge in [-0.05, 0) is 29.7 Å². The van der Waals surface area contributed by atoms with Crippen LogP contribution in [0.1, 0.15) is 10.6 Å². The Kier molecular flexibility index (Phi) is 3.13. The molecule has 3 aromatic rings. The quantitative estimate of drug-likeness (QED) is 0.637. The minimum absolute atomic E-state index is 0.670. The standard InChI is InChI=1S/C15H10ClNS/c16-13(10-12-5-3-9-18-12)15-8-7-11-4-1-2-6-14(11)17-15/h1-10H/b13-10-. The molecule has 0 fully saturated rings. The van der Waals surface area contributed by atoms with Gasteiger partial charge in [-0.3, -0.25) is 0 Å². The van der Waals surface area contributed by atoms with E-state index in [0.29, 0.717) is 5.03 Å². The van der Waals surface area contributed by atoms with Crippen LogP contribution in [0.15, 0.2) is 53.9 Å². The summed E-state index contributed by atoms with van der Waals surface area (Å²) in [4.78, 5) is 5.69. The predicted molar refractivity (Wildman–Crippen MR) is 79.8 cm³/mol. The highest BCUT2D eigenvalue weighted by Crippen LogP contribution is 2.24. The Morgan fingerprint density at radius 2 is 1.94 bits per heavy atom. The molecule has 18 heavy (non-hydrogen) atoms. The fourth-order valence-corrected chi connectivity index (χ4v) is 2.72. The largest absolute Gasteiger partial charge is 0.247 e. The number of hydrogen-bond donors (Lipinski definition) is 0. The lowest BCUT2D eigenvalue weighted by Crippen LogP contribution is -1.85. The van der Waals surface area contributed by atoms with Crippen molar-refractivity contribution in [3.63, 3.8) is 0 Å². The van der Waals surface area contributed by atoms with E-state index in [1.165, 1.54) is 0 Å². The monoisotopic (exact) mass is 271 g/mol. The average Bonchev–Trinajstić information content (AvgIpc) is 2.91. The van der Waals surface area contributed by atoms with E-state index >= 15 is 0 Å². The molecule has 0 amide bonds. The Morgan fingerprint density at radius 3 is 2.78 bits per heavy atom. The molecule has 0 unspecified atom stereocenters. The van der Waals surface area contributed by atoms with Gasteiger partial charge in [0.2, 0.25) is 0 Å². The number of aromatic nitrogens is 1. The summed E-state index contributed by atoms with van der Waals surface area (Å²) in [6.45, 7) is 0. The summed E-state index contributed by atoms with van der Waals surface area (Å²) in [6, 6.07) is 16.1. The van der Waals surface area contributed by atoms with Gasteiger partial charge in [0.05, 0.1) is 16.2 Å². The van der Waals surface area contributed by atoms with E-state index in [4.69, 9.17) is 11.6 Å². The first-order valence-electron chi connectivity index (χ1n) is 5.60. The van der Waals surface area contributed by atoms with Crippen molar-refractivity contribution < 1.29 is 0 Å². The third-order valence-corrected chi connectivity index (χ3v) is 3.78. The molecule has 0 radical (unpaired) electrons. The van der Waals surface area contributed by atoms with Crippen LogP contribution in [-0.2, 0) is 0 Å².